The van der Waals surface area contributed by atoms with Gasteiger partial charge >= 0.3 is 5.97 Å². The standard InChI is InChI=1S/C18H20O3/c1-2-3-9-20-18(19)15-13-10-12(16-17(13)21-16)14(15)11-7-5-4-6-8-11/h2-8,12-17H,9-10H2,1H3. The SMILES string of the molecule is CC=CCOC(=O)C1C2CC(C3OC23)C1c1ccccc1. The molecule has 6 unspecified atom stereocenters. The number of carbonyl (C=O) groups excluding carboxylic acids is 1. The Balaban J connectivity index is 1.59. The summed E-state index contributed by atoms with van der Waals surface area (Å²) in [5.41, 5.74) is 1.26. The minimum absolute atomic E-state index is 0.0357. The highest BCUT2D eigenvalue weighted by molar-refractivity contribution is 5.75. The molecule has 1 aromatic rings. The Morgan fingerprint density at radius 3 is 2.81 bits per heavy atom. The number of benzene rings is 1. The zero-order chi connectivity index (χ0) is 14.4. The smallest absolute Gasteiger partial charge is 0.310 e. The molecule has 3 nitrogen and oxygen atoms in total. The molecule has 0 N–H and O–H groups in total. The van der Waals surface area contributed by atoms with E-state index in [1.54, 1.807) is 0 Å². The van der Waals surface area contributed by atoms with Crippen LogP contribution in [0.2, 0.25) is 0 Å². The zero-order valence-corrected chi connectivity index (χ0v) is 12.1. The first kappa shape index (κ1) is 13.1. The number of hydrogen-bond donors (Lipinski definition) is 0. The van der Waals surface area contributed by atoms with Gasteiger partial charge in [-0.3, -0.25) is 4.79 Å². The second kappa shape index (κ2) is 4.99. The molecule has 0 spiro atoms. The fourth-order valence-electron chi connectivity index (χ4n) is 4.42. The van der Waals surface area contributed by atoms with Crippen molar-refractivity contribution >= 4 is 5.97 Å². The number of allylic oxidation sites excluding steroid dienone is 1. The van der Waals surface area contributed by atoms with Crippen molar-refractivity contribution in [1.82, 2.24) is 0 Å². The van der Waals surface area contributed by atoms with Crippen LogP contribution in [0.4, 0.5) is 0 Å². The summed E-state index contributed by atoms with van der Waals surface area (Å²) in [7, 11) is 0. The van der Waals surface area contributed by atoms with Crippen LogP contribution >= 0.6 is 0 Å². The maximum atomic E-state index is 12.5. The topological polar surface area (TPSA) is 38.8 Å². The number of rotatable bonds is 4. The molecule has 3 fully saturated rings. The first-order valence-electron chi connectivity index (χ1n) is 7.79. The second-order valence-corrected chi connectivity index (χ2v) is 6.29. The van der Waals surface area contributed by atoms with Gasteiger partial charge in [0.1, 0.15) is 6.61 Å². The van der Waals surface area contributed by atoms with Crippen LogP contribution in [0.3, 0.4) is 0 Å². The van der Waals surface area contributed by atoms with E-state index in [0.717, 1.165) is 6.42 Å². The predicted octanol–water partition coefficient (Wildman–Crippen LogP) is 2.92. The molecule has 21 heavy (non-hydrogen) atoms. The summed E-state index contributed by atoms with van der Waals surface area (Å²) < 4.78 is 11.2. The lowest BCUT2D eigenvalue weighted by Gasteiger charge is -2.27. The lowest BCUT2D eigenvalue weighted by Crippen LogP contribution is -2.33. The van der Waals surface area contributed by atoms with E-state index in [0.29, 0.717) is 30.7 Å². The minimum Gasteiger partial charge on any atom is -0.461 e. The van der Waals surface area contributed by atoms with Gasteiger partial charge in [-0.2, -0.15) is 0 Å². The largest absolute Gasteiger partial charge is 0.461 e. The van der Waals surface area contributed by atoms with Crippen molar-refractivity contribution in [2.45, 2.75) is 31.5 Å². The Morgan fingerprint density at radius 1 is 1.29 bits per heavy atom. The van der Waals surface area contributed by atoms with E-state index in [1.165, 1.54) is 5.56 Å². The number of hydrogen-bond acceptors (Lipinski definition) is 3. The Hall–Kier alpha value is -1.61. The molecule has 0 amide bonds. The number of fused-ring (bicyclic) bond motifs is 5. The van der Waals surface area contributed by atoms with Gasteiger partial charge in [0.15, 0.2) is 0 Å². The van der Waals surface area contributed by atoms with Gasteiger partial charge in [0, 0.05) is 11.8 Å². The molecule has 2 bridgehead atoms. The maximum absolute atomic E-state index is 12.5. The summed E-state index contributed by atoms with van der Waals surface area (Å²) in [5.74, 6) is 1.01. The summed E-state index contributed by atoms with van der Waals surface area (Å²) in [6, 6.07) is 10.4. The van der Waals surface area contributed by atoms with E-state index in [2.05, 4.69) is 24.3 Å². The first-order chi connectivity index (χ1) is 10.3. The fraction of sp³-hybridized carbons (Fsp3) is 0.500. The number of carbonyl (C=O) groups is 1. The normalized spacial score (nSPS) is 39.5. The Bertz CT molecular complexity index is 565. The average Bonchev–Trinajstić information content (AvgIpc) is 3.13. The first-order valence-corrected chi connectivity index (χ1v) is 7.79. The summed E-state index contributed by atoms with van der Waals surface area (Å²) >= 11 is 0. The highest BCUT2D eigenvalue weighted by Crippen LogP contribution is 2.64. The van der Waals surface area contributed by atoms with E-state index in [9.17, 15) is 4.79 Å². The van der Waals surface area contributed by atoms with Crippen LogP contribution in [0.1, 0.15) is 24.8 Å². The molecule has 0 aromatic heterocycles. The van der Waals surface area contributed by atoms with Crippen molar-refractivity contribution in [2.24, 2.45) is 17.8 Å². The summed E-state index contributed by atoms with van der Waals surface area (Å²) in [6.45, 7) is 2.31. The van der Waals surface area contributed by atoms with Gasteiger partial charge < -0.3 is 9.47 Å². The van der Waals surface area contributed by atoms with Crippen molar-refractivity contribution < 1.29 is 14.3 Å². The monoisotopic (exact) mass is 284 g/mol. The Morgan fingerprint density at radius 2 is 2.05 bits per heavy atom. The highest BCUT2D eigenvalue weighted by atomic mass is 16.6. The number of epoxide rings is 1. The fourth-order valence-corrected chi connectivity index (χ4v) is 4.42. The summed E-state index contributed by atoms with van der Waals surface area (Å²) in [5, 5.41) is 0. The number of ether oxygens (including phenoxy) is 2. The zero-order valence-electron chi connectivity index (χ0n) is 12.1. The summed E-state index contributed by atoms with van der Waals surface area (Å²) in [4.78, 5) is 12.5. The lowest BCUT2D eigenvalue weighted by molar-refractivity contribution is -0.149. The third-order valence-electron chi connectivity index (χ3n) is 5.27. The Labute approximate surface area is 124 Å². The van der Waals surface area contributed by atoms with E-state index in [1.807, 2.05) is 25.1 Å². The van der Waals surface area contributed by atoms with E-state index >= 15 is 0 Å². The van der Waals surface area contributed by atoms with Crippen molar-refractivity contribution in [3.63, 3.8) is 0 Å². The van der Waals surface area contributed by atoms with Gasteiger partial charge in [-0.25, -0.2) is 0 Å². The predicted molar refractivity (Wildman–Crippen MR) is 78.7 cm³/mol. The molecule has 4 rings (SSSR count). The maximum Gasteiger partial charge on any atom is 0.310 e. The van der Waals surface area contributed by atoms with Gasteiger partial charge in [0.05, 0.1) is 18.1 Å². The molecule has 110 valence electrons. The van der Waals surface area contributed by atoms with Crippen LogP contribution in [0.25, 0.3) is 0 Å². The van der Waals surface area contributed by atoms with Crippen LogP contribution in [-0.2, 0) is 14.3 Å². The van der Waals surface area contributed by atoms with Crippen LogP contribution in [0, 0.1) is 17.8 Å². The van der Waals surface area contributed by atoms with Gasteiger partial charge in [-0.05, 0) is 24.8 Å². The third kappa shape index (κ3) is 2.03. The molecule has 2 aliphatic carbocycles. The van der Waals surface area contributed by atoms with Crippen molar-refractivity contribution in [3.8, 4) is 0 Å². The molecule has 3 heteroatoms. The molecule has 3 aliphatic rings. The molecule has 2 saturated carbocycles. The molecule has 0 radical (unpaired) electrons. The highest BCUT2D eigenvalue weighted by Gasteiger charge is 2.69. The van der Waals surface area contributed by atoms with E-state index in [-0.39, 0.29) is 17.8 Å². The van der Waals surface area contributed by atoms with Gasteiger partial charge in [-0.1, -0.05) is 42.5 Å². The van der Waals surface area contributed by atoms with Gasteiger partial charge in [0.25, 0.3) is 0 Å². The molecular formula is C18H20O3. The molecule has 1 saturated heterocycles. The third-order valence-corrected chi connectivity index (χ3v) is 5.27. The number of esters is 1. The van der Waals surface area contributed by atoms with E-state index < -0.39 is 0 Å². The summed E-state index contributed by atoms with van der Waals surface area (Å²) in [6.07, 6.45) is 5.59. The van der Waals surface area contributed by atoms with Crippen LogP contribution < -0.4 is 0 Å². The molecule has 1 heterocycles. The molecular weight excluding hydrogens is 264 g/mol. The van der Waals surface area contributed by atoms with Crippen molar-refractivity contribution in [2.75, 3.05) is 6.61 Å². The lowest BCUT2D eigenvalue weighted by atomic mass is 9.75. The second-order valence-electron chi connectivity index (χ2n) is 6.29. The average molecular weight is 284 g/mol. The van der Waals surface area contributed by atoms with Crippen LogP contribution in [0.15, 0.2) is 42.5 Å². The quantitative estimate of drug-likeness (QED) is 0.485. The van der Waals surface area contributed by atoms with Gasteiger partial charge in [0.2, 0.25) is 0 Å². The Kier molecular flexibility index (Phi) is 3.11. The molecule has 1 aromatic carbocycles. The molecule has 1 aliphatic heterocycles. The van der Waals surface area contributed by atoms with Crippen LogP contribution in [-0.4, -0.2) is 24.8 Å². The van der Waals surface area contributed by atoms with Crippen LogP contribution in [0.5, 0.6) is 0 Å². The van der Waals surface area contributed by atoms with Gasteiger partial charge in [-0.15, -0.1) is 0 Å². The minimum atomic E-state index is -0.0524. The van der Waals surface area contributed by atoms with E-state index in [4.69, 9.17) is 9.47 Å². The van der Waals surface area contributed by atoms with Crippen molar-refractivity contribution in [3.05, 3.63) is 48.0 Å². The van der Waals surface area contributed by atoms with Crippen molar-refractivity contribution in [1.29, 1.82) is 0 Å². The molecule has 6 atom stereocenters.